The Morgan fingerprint density at radius 3 is 2.75 bits per heavy atom. The summed E-state index contributed by atoms with van der Waals surface area (Å²) >= 11 is 3.43. The fourth-order valence-electron chi connectivity index (χ4n) is 2.25. The van der Waals surface area contributed by atoms with E-state index in [-0.39, 0.29) is 11.9 Å². The first-order valence-electron chi connectivity index (χ1n) is 6.70. The minimum absolute atomic E-state index is 0.198. The molecular formula is C16H18BrFN2. The van der Waals surface area contributed by atoms with Crippen molar-refractivity contribution in [2.45, 2.75) is 26.3 Å². The van der Waals surface area contributed by atoms with E-state index >= 15 is 0 Å². The van der Waals surface area contributed by atoms with Crippen LogP contribution in [0.1, 0.15) is 29.8 Å². The Morgan fingerprint density at radius 1 is 1.30 bits per heavy atom. The lowest BCUT2D eigenvalue weighted by Gasteiger charge is -2.19. The van der Waals surface area contributed by atoms with Crippen LogP contribution in [-0.4, -0.2) is 11.5 Å². The predicted octanol–water partition coefficient (Wildman–Crippen LogP) is 4.18. The van der Waals surface area contributed by atoms with E-state index < -0.39 is 0 Å². The molecule has 2 aromatic rings. The highest BCUT2D eigenvalue weighted by atomic mass is 79.9. The van der Waals surface area contributed by atoms with Crippen LogP contribution < -0.4 is 5.32 Å². The zero-order valence-corrected chi connectivity index (χ0v) is 13.2. The number of benzene rings is 1. The topological polar surface area (TPSA) is 24.9 Å². The van der Waals surface area contributed by atoms with Gasteiger partial charge < -0.3 is 5.32 Å². The molecule has 2 rings (SSSR count). The zero-order valence-electron chi connectivity index (χ0n) is 11.7. The lowest BCUT2D eigenvalue weighted by atomic mass is 9.99. The molecule has 0 aliphatic heterocycles. The first kappa shape index (κ1) is 15.1. The summed E-state index contributed by atoms with van der Waals surface area (Å²) < 4.78 is 14.0. The molecule has 106 valence electrons. The van der Waals surface area contributed by atoms with E-state index in [1.807, 2.05) is 25.3 Å². The van der Waals surface area contributed by atoms with Crippen LogP contribution in [0.4, 0.5) is 4.39 Å². The van der Waals surface area contributed by atoms with E-state index in [9.17, 15) is 4.39 Å². The fraction of sp³-hybridized carbons (Fsp3) is 0.312. The van der Waals surface area contributed by atoms with E-state index in [1.165, 1.54) is 17.7 Å². The van der Waals surface area contributed by atoms with Crippen LogP contribution in [0.3, 0.4) is 0 Å². The van der Waals surface area contributed by atoms with Gasteiger partial charge in [-0.2, -0.15) is 0 Å². The monoisotopic (exact) mass is 336 g/mol. The highest BCUT2D eigenvalue weighted by Gasteiger charge is 2.13. The van der Waals surface area contributed by atoms with Gasteiger partial charge in [-0.05, 0) is 55.3 Å². The van der Waals surface area contributed by atoms with E-state index in [4.69, 9.17) is 0 Å². The van der Waals surface area contributed by atoms with Crippen molar-refractivity contribution >= 4 is 15.9 Å². The summed E-state index contributed by atoms with van der Waals surface area (Å²) in [7, 11) is 0. The number of halogens is 2. The second-order valence-corrected chi connectivity index (χ2v) is 5.64. The molecule has 0 aliphatic rings. The van der Waals surface area contributed by atoms with Gasteiger partial charge in [-0.3, -0.25) is 4.98 Å². The fourth-order valence-corrected chi connectivity index (χ4v) is 2.76. The van der Waals surface area contributed by atoms with Gasteiger partial charge in [-0.1, -0.05) is 28.9 Å². The molecule has 0 saturated heterocycles. The Kier molecular flexibility index (Phi) is 5.26. The second kappa shape index (κ2) is 6.95. The van der Waals surface area contributed by atoms with Crippen molar-refractivity contribution in [1.82, 2.24) is 10.3 Å². The molecule has 0 spiro atoms. The molecule has 20 heavy (non-hydrogen) atoms. The van der Waals surface area contributed by atoms with Crippen molar-refractivity contribution in [1.29, 1.82) is 0 Å². The number of hydrogen-bond donors (Lipinski definition) is 1. The van der Waals surface area contributed by atoms with E-state index in [1.54, 1.807) is 0 Å². The quantitative estimate of drug-likeness (QED) is 0.885. The van der Waals surface area contributed by atoms with Crippen molar-refractivity contribution < 1.29 is 4.39 Å². The Hall–Kier alpha value is -1.26. The normalized spacial score (nSPS) is 12.4. The molecule has 2 nitrogen and oxygen atoms in total. The minimum atomic E-state index is -0.222. The van der Waals surface area contributed by atoms with Gasteiger partial charge >= 0.3 is 0 Å². The number of aryl methyl sites for hydroxylation is 1. The Balaban J connectivity index is 2.25. The summed E-state index contributed by atoms with van der Waals surface area (Å²) in [6.45, 7) is 4.95. The lowest BCUT2D eigenvalue weighted by Crippen LogP contribution is -2.23. The number of rotatable bonds is 5. The van der Waals surface area contributed by atoms with Gasteiger partial charge in [-0.25, -0.2) is 4.39 Å². The maximum atomic E-state index is 13.2. The number of nitrogens with one attached hydrogen (secondary N) is 1. The van der Waals surface area contributed by atoms with Crippen molar-refractivity contribution in [2.75, 3.05) is 6.54 Å². The molecule has 1 unspecified atom stereocenters. The summed E-state index contributed by atoms with van der Waals surface area (Å²) in [4.78, 5) is 4.23. The molecule has 1 heterocycles. The van der Waals surface area contributed by atoms with E-state index in [0.29, 0.717) is 0 Å². The second-order valence-electron chi connectivity index (χ2n) is 4.78. The number of pyridine rings is 1. The smallest absolute Gasteiger partial charge is 0.124 e. The van der Waals surface area contributed by atoms with Gasteiger partial charge in [0.2, 0.25) is 0 Å². The van der Waals surface area contributed by atoms with Crippen LogP contribution in [0.5, 0.6) is 0 Å². The van der Waals surface area contributed by atoms with Crippen LogP contribution in [0, 0.1) is 12.7 Å². The average Bonchev–Trinajstić information content (AvgIpc) is 2.41. The lowest BCUT2D eigenvalue weighted by molar-refractivity contribution is 0.547. The zero-order chi connectivity index (χ0) is 14.5. The standard InChI is InChI=1S/C16H18BrFN2/c1-3-19-16(13-6-7-20-11(2)8-13)9-12-4-5-14(18)10-15(12)17/h4-8,10,16,19H,3,9H2,1-2H3. The number of nitrogens with zero attached hydrogens (tertiary/aromatic N) is 1. The van der Waals surface area contributed by atoms with Gasteiger partial charge in [-0.15, -0.1) is 0 Å². The molecule has 0 saturated carbocycles. The maximum Gasteiger partial charge on any atom is 0.124 e. The Morgan fingerprint density at radius 2 is 2.10 bits per heavy atom. The van der Waals surface area contributed by atoms with Crippen molar-refractivity contribution in [3.63, 3.8) is 0 Å². The van der Waals surface area contributed by atoms with Crippen LogP contribution in [0.25, 0.3) is 0 Å². The SMILES string of the molecule is CCNC(Cc1ccc(F)cc1Br)c1ccnc(C)c1. The molecule has 1 aromatic carbocycles. The van der Waals surface area contributed by atoms with Crippen molar-refractivity contribution in [3.05, 3.63) is 63.6 Å². The first-order valence-corrected chi connectivity index (χ1v) is 7.49. The molecule has 1 atom stereocenters. The predicted molar refractivity (Wildman–Crippen MR) is 83.2 cm³/mol. The van der Waals surface area contributed by atoms with Crippen LogP contribution >= 0.6 is 15.9 Å². The summed E-state index contributed by atoms with van der Waals surface area (Å²) in [5.41, 5.74) is 3.30. The molecule has 0 amide bonds. The molecule has 0 aliphatic carbocycles. The average molecular weight is 337 g/mol. The van der Waals surface area contributed by atoms with Gasteiger partial charge in [0.1, 0.15) is 5.82 Å². The minimum Gasteiger partial charge on any atom is -0.310 e. The first-order chi connectivity index (χ1) is 9.60. The largest absolute Gasteiger partial charge is 0.310 e. The summed E-state index contributed by atoms with van der Waals surface area (Å²) in [6, 6.07) is 9.15. The molecule has 1 aromatic heterocycles. The van der Waals surface area contributed by atoms with Gasteiger partial charge in [0, 0.05) is 22.4 Å². The van der Waals surface area contributed by atoms with Crippen molar-refractivity contribution in [3.8, 4) is 0 Å². The number of hydrogen-bond acceptors (Lipinski definition) is 2. The number of likely N-dealkylation sites (N-methyl/N-ethyl adjacent to an activating group) is 1. The molecule has 0 radical (unpaired) electrons. The summed E-state index contributed by atoms with van der Waals surface area (Å²) in [6.07, 6.45) is 2.63. The van der Waals surface area contributed by atoms with E-state index in [2.05, 4.69) is 39.2 Å². The Bertz CT molecular complexity index is 586. The third-order valence-corrected chi connectivity index (χ3v) is 3.95. The van der Waals surface area contributed by atoms with Gasteiger partial charge in [0.25, 0.3) is 0 Å². The molecular weight excluding hydrogens is 319 g/mol. The van der Waals surface area contributed by atoms with Crippen LogP contribution in [-0.2, 0) is 6.42 Å². The van der Waals surface area contributed by atoms with E-state index in [0.717, 1.165) is 28.7 Å². The number of aromatic nitrogens is 1. The third-order valence-electron chi connectivity index (χ3n) is 3.21. The van der Waals surface area contributed by atoms with Crippen LogP contribution in [0.15, 0.2) is 41.0 Å². The molecule has 1 N–H and O–H groups in total. The highest BCUT2D eigenvalue weighted by molar-refractivity contribution is 9.10. The van der Waals surface area contributed by atoms with Crippen LogP contribution in [0.2, 0.25) is 0 Å². The molecule has 4 heteroatoms. The Labute approximate surface area is 127 Å². The molecule has 0 fully saturated rings. The maximum absolute atomic E-state index is 13.2. The summed E-state index contributed by atoms with van der Waals surface area (Å²) in [5.74, 6) is -0.222. The van der Waals surface area contributed by atoms with Crippen molar-refractivity contribution in [2.24, 2.45) is 0 Å². The third kappa shape index (κ3) is 3.87. The summed E-state index contributed by atoms with van der Waals surface area (Å²) in [5, 5.41) is 3.47. The van der Waals surface area contributed by atoms with Gasteiger partial charge in [0.15, 0.2) is 0 Å². The van der Waals surface area contributed by atoms with Gasteiger partial charge in [0.05, 0.1) is 0 Å². The highest BCUT2D eigenvalue weighted by Crippen LogP contribution is 2.25. The molecule has 0 bridgehead atoms.